The van der Waals surface area contributed by atoms with Crippen LogP contribution in [0, 0.1) is 5.92 Å². The average Bonchev–Trinajstić information content (AvgIpc) is 2.86. The molecule has 1 fully saturated rings. The van der Waals surface area contributed by atoms with Crippen LogP contribution in [0.3, 0.4) is 0 Å². The molecule has 0 radical (unpaired) electrons. The zero-order chi connectivity index (χ0) is 12.4. The van der Waals surface area contributed by atoms with Crippen LogP contribution in [0.2, 0.25) is 0 Å². The molecule has 0 spiro atoms. The Balaban J connectivity index is 2.11. The van der Waals surface area contributed by atoms with Crippen molar-refractivity contribution in [3.8, 4) is 0 Å². The fourth-order valence-corrected chi connectivity index (χ4v) is 2.87. The molecule has 2 amide bonds. The van der Waals surface area contributed by atoms with Crippen LogP contribution in [-0.2, 0) is 11.3 Å². The van der Waals surface area contributed by atoms with E-state index in [9.17, 15) is 9.59 Å². The number of likely N-dealkylation sites (tertiary alicyclic amines) is 1. The van der Waals surface area contributed by atoms with Gasteiger partial charge < -0.3 is 4.90 Å². The second kappa shape index (κ2) is 4.85. The van der Waals surface area contributed by atoms with Crippen LogP contribution in [0.15, 0.2) is 11.4 Å². The Morgan fingerprint density at radius 2 is 2.47 bits per heavy atom. The Morgan fingerprint density at radius 1 is 1.71 bits per heavy atom. The average molecular weight is 253 g/mol. The van der Waals surface area contributed by atoms with Crippen LogP contribution in [0.4, 0.5) is 0 Å². The predicted molar refractivity (Wildman–Crippen MR) is 65.2 cm³/mol. The number of hydrogen-bond donors (Lipinski definition) is 2. The highest BCUT2D eigenvalue weighted by Gasteiger charge is 2.27. The zero-order valence-electron chi connectivity index (χ0n) is 9.60. The molecule has 1 aromatic rings. The summed E-state index contributed by atoms with van der Waals surface area (Å²) in [4.78, 5) is 25.5. The number of nitrogens with zero attached hydrogens (tertiary/aromatic N) is 1. The molecule has 0 bridgehead atoms. The Morgan fingerprint density at radius 3 is 3.06 bits per heavy atom. The highest BCUT2D eigenvalue weighted by atomic mass is 32.1. The SMILES string of the molecule is CC1CC(=O)N(Cc2ccsc2C(=O)NN)C1. The third-order valence-electron chi connectivity index (χ3n) is 2.85. The Bertz CT molecular complexity index is 444. The lowest BCUT2D eigenvalue weighted by Crippen LogP contribution is -2.31. The van der Waals surface area contributed by atoms with E-state index in [1.165, 1.54) is 11.3 Å². The van der Waals surface area contributed by atoms with Gasteiger partial charge in [0.2, 0.25) is 5.91 Å². The fraction of sp³-hybridized carbons (Fsp3) is 0.455. The molecule has 2 rings (SSSR count). The van der Waals surface area contributed by atoms with Crippen LogP contribution >= 0.6 is 11.3 Å². The standard InChI is InChI=1S/C11H15N3O2S/c1-7-4-9(15)14(5-7)6-8-2-3-17-10(8)11(16)13-12/h2-3,7H,4-6,12H2,1H3,(H,13,16). The summed E-state index contributed by atoms with van der Waals surface area (Å²) in [5, 5.41) is 1.84. The van der Waals surface area contributed by atoms with Gasteiger partial charge in [-0.15, -0.1) is 11.3 Å². The first kappa shape index (κ1) is 12.1. The summed E-state index contributed by atoms with van der Waals surface area (Å²) in [6.45, 7) is 3.31. The number of nitrogens with two attached hydrogens (primary N) is 1. The first-order valence-electron chi connectivity index (χ1n) is 5.47. The molecule has 0 aliphatic carbocycles. The molecule has 5 nitrogen and oxygen atoms in total. The van der Waals surface area contributed by atoms with Crippen molar-refractivity contribution in [3.63, 3.8) is 0 Å². The Kier molecular flexibility index (Phi) is 3.44. The van der Waals surface area contributed by atoms with Crippen LogP contribution in [0.25, 0.3) is 0 Å². The number of nitrogens with one attached hydrogen (secondary N) is 1. The molecule has 17 heavy (non-hydrogen) atoms. The molecule has 0 aromatic carbocycles. The highest BCUT2D eigenvalue weighted by Crippen LogP contribution is 2.23. The topological polar surface area (TPSA) is 75.4 Å². The summed E-state index contributed by atoms with van der Waals surface area (Å²) in [6.07, 6.45) is 0.600. The minimum Gasteiger partial charge on any atom is -0.338 e. The predicted octanol–water partition coefficient (Wildman–Crippen LogP) is 0.720. The molecule has 0 saturated carbocycles. The van der Waals surface area contributed by atoms with Gasteiger partial charge in [0.05, 0.1) is 4.88 Å². The van der Waals surface area contributed by atoms with Crippen LogP contribution < -0.4 is 11.3 Å². The smallest absolute Gasteiger partial charge is 0.275 e. The number of amides is 2. The maximum Gasteiger partial charge on any atom is 0.275 e. The minimum atomic E-state index is -0.297. The number of hydrogen-bond acceptors (Lipinski definition) is 4. The van der Waals surface area contributed by atoms with Gasteiger partial charge in [-0.1, -0.05) is 6.92 Å². The third kappa shape index (κ3) is 2.48. The number of thiophene rings is 1. The zero-order valence-corrected chi connectivity index (χ0v) is 10.4. The van der Waals surface area contributed by atoms with Crippen molar-refractivity contribution in [2.75, 3.05) is 6.54 Å². The van der Waals surface area contributed by atoms with Crippen LogP contribution in [-0.4, -0.2) is 23.3 Å². The van der Waals surface area contributed by atoms with Crippen LogP contribution in [0.1, 0.15) is 28.6 Å². The van der Waals surface area contributed by atoms with Crippen molar-refractivity contribution in [3.05, 3.63) is 21.9 Å². The molecular formula is C11H15N3O2S. The van der Waals surface area contributed by atoms with Gasteiger partial charge in [0.15, 0.2) is 0 Å². The van der Waals surface area contributed by atoms with Crippen molar-refractivity contribution in [1.29, 1.82) is 0 Å². The molecule has 2 heterocycles. The fourth-order valence-electron chi connectivity index (χ4n) is 2.05. The Labute approximate surface area is 104 Å². The molecule has 1 saturated heterocycles. The highest BCUT2D eigenvalue weighted by molar-refractivity contribution is 7.12. The first-order chi connectivity index (χ1) is 8.11. The summed E-state index contributed by atoms with van der Waals surface area (Å²) in [5.41, 5.74) is 2.98. The van der Waals surface area contributed by atoms with E-state index in [0.29, 0.717) is 23.8 Å². The molecular weight excluding hydrogens is 238 g/mol. The molecule has 6 heteroatoms. The lowest BCUT2D eigenvalue weighted by Gasteiger charge is -2.16. The summed E-state index contributed by atoms with van der Waals surface area (Å²) in [7, 11) is 0. The van der Waals surface area contributed by atoms with Crippen molar-refractivity contribution in [2.24, 2.45) is 11.8 Å². The van der Waals surface area contributed by atoms with E-state index in [-0.39, 0.29) is 11.8 Å². The minimum absolute atomic E-state index is 0.155. The number of carbonyl (C=O) groups is 2. The Hall–Kier alpha value is -1.40. The van der Waals surface area contributed by atoms with Gasteiger partial charge in [-0.2, -0.15) is 0 Å². The van der Waals surface area contributed by atoms with E-state index < -0.39 is 0 Å². The van der Waals surface area contributed by atoms with Crippen molar-refractivity contribution in [1.82, 2.24) is 10.3 Å². The van der Waals surface area contributed by atoms with Gasteiger partial charge in [-0.3, -0.25) is 15.0 Å². The number of hydrazine groups is 1. The largest absolute Gasteiger partial charge is 0.338 e. The molecule has 92 valence electrons. The van der Waals surface area contributed by atoms with Gasteiger partial charge >= 0.3 is 0 Å². The second-order valence-electron chi connectivity index (χ2n) is 4.33. The number of rotatable bonds is 3. The second-order valence-corrected chi connectivity index (χ2v) is 5.25. The maximum absolute atomic E-state index is 11.7. The lowest BCUT2D eigenvalue weighted by molar-refractivity contribution is -0.128. The molecule has 3 N–H and O–H groups in total. The van der Waals surface area contributed by atoms with Gasteiger partial charge in [0.25, 0.3) is 5.91 Å². The molecule has 1 atom stereocenters. The molecule has 1 aliphatic rings. The van der Waals surface area contributed by atoms with E-state index in [2.05, 4.69) is 12.3 Å². The monoisotopic (exact) mass is 253 g/mol. The van der Waals surface area contributed by atoms with Crippen molar-refractivity contribution in [2.45, 2.75) is 19.9 Å². The quantitative estimate of drug-likeness (QED) is 0.473. The summed E-state index contributed by atoms with van der Waals surface area (Å²) in [5.74, 6) is 5.37. The normalized spacial score (nSPS) is 19.8. The van der Waals surface area contributed by atoms with E-state index >= 15 is 0 Å². The molecule has 1 aliphatic heterocycles. The van der Waals surface area contributed by atoms with Crippen LogP contribution in [0.5, 0.6) is 0 Å². The van der Waals surface area contributed by atoms with Gasteiger partial charge in [-0.05, 0) is 22.9 Å². The van der Waals surface area contributed by atoms with E-state index in [4.69, 9.17) is 5.84 Å². The van der Waals surface area contributed by atoms with Crippen molar-refractivity contribution < 1.29 is 9.59 Å². The van der Waals surface area contributed by atoms with Gasteiger partial charge in [-0.25, -0.2) is 5.84 Å². The number of nitrogen functional groups attached to an aromatic ring is 1. The lowest BCUT2D eigenvalue weighted by atomic mass is 10.2. The number of carbonyl (C=O) groups excluding carboxylic acids is 2. The summed E-state index contributed by atoms with van der Waals surface area (Å²) >= 11 is 1.34. The van der Waals surface area contributed by atoms with Gasteiger partial charge in [0, 0.05) is 19.5 Å². The summed E-state index contributed by atoms with van der Waals surface area (Å²) in [6, 6.07) is 1.87. The van der Waals surface area contributed by atoms with E-state index in [1.54, 1.807) is 4.90 Å². The van der Waals surface area contributed by atoms with Gasteiger partial charge in [0.1, 0.15) is 0 Å². The molecule has 1 aromatic heterocycles. The first-order valence-corrected chi connectivity index (χ1v) is 6.35. The maximum atomic E-state index is 11.7. The van der Waals surface area contributed by atoms with E-state index in [1.807, 2.05) is 11.4 Å². The van der Waals surface area contributed by atoms with E-state index in [0.717, 1.165) is 12.1 Å². The summed E-state index contributed by atoms with van der Waals surface area (Å²) < 4.78 is 0. The van der Waals surface area contributed by atoms with Crippen molar-refractivity contribution >= 4 is 23.2 Å². The molecule has 1 unspecified atom stereocenters. The third-order valence-corrected chi connectivity index (χ3v) is 3.81.